The Morgan fingerprint density at radius 3 is 1.97 bits per heavy atom. The number of likely N-dealkylation sites (tertiary alicyclic amines) is 1. The predicted octanol–water partition coefficient (Wildman–Crippen LogP) is 3.30. The second kappa shape index (κ2) is 10.7. The van der Waals surface area contributed by atoms with Gasteiger partial charge in [0.2, 0.25) is 11.8 Å². The lowest BCUT2D eigenvalue weighted by molar-refractivity contribution is -0.141. The van der Waals surface area contributed by atoms with Crippen molar-refractivity contribution in [2.24, 2.45) is 11.8 Å². The van der Waals surface area contributed by atoms with Crippen LogP contribution in [0.25, 0.3) is 0 Å². The fraction of sp³-hybridized carbons (Fsp3) is 0.880. The normalized spacial score (nSPS) is 23.4. The van der Waals surface area contributed by atoms with Gasteiger partial charge in [-0.3, -0.25) is 9.59 Å². The highest BCUT2D eigenvalue weighted by Crippen LogP contribution is 2.38. The van der Waals surface area contributed by atoms with Gasteiger partial charge in [0.1, 0.15) is 17.7 Å². The Hall–Kier alpha value is -1.81. The van der Waals surface area contributed by atoms with Crippen LogP contribution in [0.5, 0.6) is 0 Å². The molecule has 3 amide bonds. The summed E-state index contributed by atoms with van der Waals surface area (Å²) in [7, 11) is -0.591. The maximum Gasteiger partial charge on any atom is 0.482 e. The average molecular weight is 495 g/mol. The molecular formula is C25H46BN3O6. The Bertz CT molecular complexity index is 777. The van der Waals surface area contributed by atoms with Gasteiger partial charge in [0.25, 0.3) is 0 Å². The zero-order valence-electron chi connectivity index (χ0n) is 23.5. The van der Waals surface area contributed by atoms with Gasteiger partial charge in [-0.15, -0.1) is 0 Å². The predicted molar refractivity (Wildman–Crippen MR) is 136 cm³/mol. The molecule has 0 spiro atoms. The Morgan fingerprint density at radius 1 is 0.971 bits per heavy atom. The number of hydrogen-bond acceptors (Lipinski definition) is 6. The van der Waals surface area contributed by atoms with E-state index in [0.717, 1.165) is 0 Å². The van der Waals surface area contributed by atoms with Crippen molar-refractivity contribution in [3.8, 4) is 0 Å². The minimum atomic E-state index is -0.790. The Balaban J connectivity index is 2.14. The molecule has 2 fully saturated rings. The van der Waals surface area contributed by atoms with Gasteiger partial charge in [0.05, 0.1) is 17.1 Å². The summed E-state index contributed by atoms with van der Waals surface area (Å²) in [5.41, 5.74) is -1.70. The molecule has 0 aliphatic carbocycles. The summed E-state index contributed by atoms with van der Waals surface area (Å²) in [5, 5.41) is 5.81. The molecule has 10 heteroatoms. The molecule has 0 aromatic rings. The van der Waals surface area contributed by atoms with E-state index in [9.17, 15) is 14.4 Å². The van der Waals surface area contributed by atoms with Crippen LogP contribution in [0, 0.1) is 11.8 Å². The monoisotopic (exact) mass is 495 g/mol. The molecule has 2 saturated heterocycles. The smallest absolute Gasteiger partial charge is 0.444 e. The second-order valence-electron chi connectivity index (χ2n) is 12.5. The van der Waals surface area contributed by atoms with E-state index < -0.39 is 42.1 Å². The molecule has 1 unspecified atom stereocenters. The van der Waals surface area contributed by atoms with E-state index in [4.69, 9.17) is 14.0 Å². The highest BCUT2D eigenvalue weighted by Gasteiger charge is 2.55. The molecule has 2 heterocycles. The summed E-state index contributed by atoms with van der Waals surface area (Å²) in [5.74, 6) is -1.00. The molecule has 35 heavy (non-hydrogen) atoms. The van der Waals surface area contributed by atoms with Gasteiger partial charge in [-0.25, -0.2) is 4.79 Å². The molecule has 0 aromatic heterocycles. The number of alkyl carbamates (subject to hydrolysis) is 1. The fourth-order valence-corrected chi connectivity index (χ4v) is 4.27. The van der Waals surface area contributed by atoms with Crippen molar-refractivity contribution in [2.45, 2.75) is 124 Å². The van der Waals surface area contributed by atoms with Crippen molar-refractivity contribution >= 4 is 25.0 Å². The van der Waals surface area contributed by atoms with E-state index >= 15 is 0 Å². The Kier molecular flexibility index (Phi) is 8.97. The molecule has 0 bridgehead atoms. The van der Waals surface area contributed by atoms with E-state index in [1.54, 1.807) is 25.7 Å². The zero-order valence-corrected chi connectivity index (χ0v) is 23.5. The third-order valence-corrected chi connectivity index (χ3v) is 7.04. The van der Waals surface area contributed by atoms with Gasteiger partial charge >= 0.3 is 13.2 Å². The minimum Gasteiger partial charge on any atom is -0.444 e. The standard InChI is InChI=1S/C25H46BN3O6/c1-15(2)18(27-22(32)33-23(5,6)7)21(31)29-14-12-13-17(29)20(30)28-19(16(3)4)26-34-24(8,9)25(10,11)35-26/h15-19H,12-14H2,1-11H3,(H,27,32)(H,28,30)/t17-,18-,19?/m0/s1. The lowest BCUT2D eigenvalue weighted by Gasteiger charge is -2.32. The Morgan fingerprint density at radius 2 is 1.51 bits per heavy atom. The number of nitrogens with one attached hydrogen (secondary N) is 2. The first kappa shape index (κ1) is 29.4. The number of ether oxygens (including phenoxy) is 1. The number of hydrogen-bond donors (Lipinski definition) is 2. The highest BCUT2D eigenvalue weighted by atomic mass is 16.7. The summed E-state index contributed by atoms with van der Waals surface area (Å²) < 4.78 is 17.7. The number of amides is 3. The first-order valence-corrected chi connectivity index (χ1v) is 12.8. The van der Waals surface area contributed by atoms with Crippen LogP contribution < -0.4 is 10.6 Å². The lowest BCUT2D eigenvalue weighted by Crippen LogP contribution is -2.58. The molecule has 2 N–H and O–H groups in total. The third kappa shape index (κ3) is 7.12. The maximum atomic E-state index is 13.5. The summed E-state index contributed by atoms with van der Waals surface area (Å²) in [6, 6.07) is -1.41. The molecule has 2 aliphatic rings. The molecule has 200 valence electrons. The zero-order chi connectivity index (χ0) is 26.9. The first-order chi connectivity index (χ1) is 15.9. The van der Waals surface area contributed by atoms with Gasteiger partial charge in [-0.05, 0) is 73.1 Å². The molecule has 2 rings (SSSR count). The summed E-state index contributed by atoms with van der Waals surface area (Å²) in [6.07, 6.45) is 0.623. The van der Waals surface area contributed by atoms with Crippen molar-refractivity contribution < 1.29 is 28.4 Å². The van der Waals surface area contributed by atoms with Crippen molar-refractivity contribution in [3.63, 3.8) is 0 Å². The third-order valence-electron chi connectivity index (χ3n) is 7.04. The van der Waals surface area contributed by atoms with Crippen LogP contribution in [0.1, 0.15) is 89.0 Å². The van der Waals surface area contributed by atoms with Crippen LogP contribution in [-0.2, 0) is 23.6 Å². The van der Waals surface area contributed by atoms with Gasteiger partial charge in [0, 0.05) is 6.54 Å². The quantitative estimate of drug-likeness (QED) is 0.525. The molecule has 0 aromatic carbocycles. The summed E-state index contributed by atoms with van der Waals surface area (Å²) in [6.45, 7) is 21.4. The van der Waals surface area contributed by atoms with Crippen molar-refractivity contribution in [3.05, 3.63) is 0 Å². The van der Waals surface area contributed by atoms with Gasteiger partial charge in [0.15, 0.2) is 0 Å². The fourth-order valence-electron chi connectivity index (χ4n) is 4.27. The van der Waals surface area contributed by atoms with Gasteiger partial charge in [-0.1, -0.05) is 27.7 Å². The number of carbonyl (C=O) groups is 3. The largest absolute Gasteiger partial charge is 0.482 e. The van der Waals surface area contributed by atoms with E-state index in [0.29, 0.717) is 19.4 Å². The van der Waals surface area contributed by atoms with Crippen LogP contribution in [-0.4, -0.2) is 71.3 Å². The summed E-state index contributed by atoms with van der Waals surface area (Å²) >= 11 is 0. The minimum absolute atomic E-state index is 0.0523. The van der Waals surface area contributed by atoms with E-state index in [-0.39, 0.29) is 29.6 Å². The van der Waals surface area contributed by atoms with Crippen molar-refractivity contribution in [1.29, 1.82) is 0 Å². The van der Waals surface area contributed by atoms with Crippen LogP contribution in [0.2, 0.25) is 0 Å². The molecule has 0 saturated carbocycles. The van der Waals surface area contributed by atoms with Crippen LogP contribution >= 0.6 is 0 Å². The van der Waals surface area contributed by atoms with Gasteiger partial charge in [-0.2, -0.15) is 0 Å². The Labute approximate surface area is 211 Å². The number of rotatable bonds is 7. The van der Waals surface area contributed by atoms with E-state index in [1.807, 2.05) is 55.4 Å². The molecule has 2 aliphatic heterocycles. The van der Waals surface area contributed by atoms with Crippen LogP contribution in [0.4, 0.5) is 4.79 Å². The molecular weight excluding hydrogens is 449 g/mol. The highest BCUT2D eigenvalue weighted by molar-refractivity contribution is 6.48. The SMILES string of the molecule is CC(C)C(NC(=O)[C@@H]1CCCN1C(=O)[C@@H](NC(=O)OC(C)(C)C)C(C)C)B1OC(C)(C)C(C)(C)O1. The van der Waals surface area contributed by atoms with Gasteiger partial charge < -0.3 is 29.6 Å². The lowest BCUT2D eigenvalue weighted by atomic mass is 9.72. The van der Waals surface area contributed by atoms with Crippen molar-refractivity contribution in [2.75, 3.05) is 6.54 Å². The number of carbonyl (C=O) groups excluding carboxylic acids is 3. The first-order valence-electron chi connectivity index (χ1n) is 12.8. The topological polar surface area (TPSA) is 106 Å². The molecule has 9 nitrogen and oxygen atoms in total. The number of nitrogens with zero attached hydrogens (tertiary/aromatic N) is 1. The second-order valence-corrected chi connectivity index (χ2v) is 12.5. The van der Waals surface area contributed by atoms with E-state index in [1.165, 1.54) is 0 Å². The van der Waals surface area contributed by atoms with E-state index in [2.05, 4.69) is 10.6 Å². The van der Waals surface area contributed by atoms with Crippen LogP contribution in [0.15, 0.2) is 0 Å². The summed E-state index contributed by atoms with van der Waals surface area (Å²) in [4.78, 5) is 40.9. The van der Waals surface area contributed by atoms with Crippen molar-refractivity contribution in [1.82, 2.24) is 15.5 Å². The molecule has 3 atom stereocenters. The maximum absolute atomic E-state index is 13.5. The average Bonchev–Trinajstić information content (AvgIpc) is 3.24. The van der Waals surface area contributed by atoms with Crippen LogP contribution in [0.3, 0.4) is 0 Å². The molecule has 0 radical (unpaired) electrons.